The molecule has 2 rings (SSSR count). The van der Waals surface area contributed by atoms with E-state index in [1.165, 1.54) is 19.3 Å². The Kier molecular flexibility index (Phi) is 10.5. The highest BCUT2D eigenvalue weighted by Gasteiger charge is 2.44. The number of hydrogen-bond donors (Lipinski definition) is 5. The number of nitrogens with zero attached hydrogens (tertiary/aromatic N) is 1. The molecule has 0 aromatic rings. The molecule has 2 fully saturated rings. The van der Waals surface area contributed by atoms with Crippen LogP contribution in [0.25, 0.3) is 0 Å². The molecule has 0 saturated carbocycles. The van der Waals surface area contributed by atoms with Crippen LogP contribution in [0.1, 0.15) is 59.3 Å². The third-order valence-electron chi connectivity index (χ3n) is 6.65. The van der Waals surface area contributed by atoms with Crippen LogP contribution in [0.5, 0.6) is 0 Å². The minimum Gasteiger partial charge on any atom is -0.395 e. The van der Waals surface area contributed by atoms with Gasteiger partial charge in [0.1, 0.15) is 24.4 Å². The van der Waals surface area contributed by atoms with Gasteiger partial charge in [0.2, 0.25) is 5.91 Å². The molecule has 2 saturated heterocycles. The Hall–Kier alpha value is -0.770. The van der Waals surface area contributed by atoms with E-state index in [-0.39, 0.29) is 31.1 Å². The summed E-state index contributed by atoms with van der Waals surface area (Å²) < 4.78 is 5.62. The monoisotopic (exact) mass is 430 g/mol. The van der Waals surface area contributed by atoms with E-state index in [0.29, 0.717) is 12.5 Å². The molecule has 176 valence electrons. The van der Waals surface area contributed by atoms with Crippen molar-refractivity contribution >= 4 is 5.91 Å². The Bertz CT molecular complexity index is 520. The largest absolute Gasteiger partial charge is 0.395 e. The first kappa shape index (κ1) is 25.5. The first-order chi connectivity index (χ1) is 14.3. The number of amides is 1. The van der Waals surface area contributed by atoms with Crippen molar-refractivity contribution < 1.29 is 30.0 Å². The molecule has 0 bridgehead atoms. The number of nitrogens with one attached hydrogen (secondary N) is 1. The predicted molar refractivity (Wildman–Crippen MR) is 114 cm³/mol. The summed E-state index contributed by atoms with van der Waals surface area (Å²) in [6, 6.07) is -0.818. The van der Waals surface area contributed by atoms with Crippen molar-refractivity contribution in [3.8, 4) is 0 Å². The van der Waals surface area contributed by atoms with Crippen molar-refractivity contribution in [2.75, 3.05) is 26.3 Å². The Labute approximate surface area is 180 Å². The SMILES string of the molecule is CCCCC[C@@H]1CCN(CCO)[C@H](C(=O)N[C@H](C(C)C)[C@H]2OC[C@H](O)[C@@H](O)[C@H]2O)C1. The smallest absolute Gasteiger partial charge is 0.237 e. The number of aliphatic hydroxyl groups is 4. The molecule has 8 heteroatoms. The van der Waals surface area contributed by atoms with Crippen molar-refractivity contribution in [2.45, 2.75) is 95.8 Å². The van der Waals surface area contributed by atoms with E-state index in [4.69, 9.17) is 4.74 Å². The second-order valence-electron chi connectivity index (χ2n) is 9.29. The van der Waals surface area contributed by atoms with E-state index in [9.17, 15) is 25.2 Å². The number of carbonyl (C=O) groups is 1. The molecule has 5 N–H and O–H groups in total. The Balaban J connectivity index is 2.07. The summed E-state index contributed by atoms with van der Waals surface area (Å²) in [6.07, 6.45) is 1.96. The van der Waals surface area contributed by atoms with Gasteiger partial charge in [-0.25, -0.2) is 0 Å². The highest BCUT2D eigenvalue weighted by Crippen LogP contribution is 2.28. The minimum atomic E-state index is -1.30. The highest BCUT2D eigenvalue weighted by atomic mass is 16.5. The summed E-state index contributed by atoms with van der Waals surface area (Å²) >= 11 is 0. The lowest BCUT2D eigenvalue weighted by atomic mass is 9.85. The number of unbranched alkanes of at least 4 members (excludes halogenated alkanes) is 2. The molecule has 2 aliphatic rings. The van der Waals surface area contributed by atoms with Gasteiger partial charge in [0.05, 0.1) is 25.3 Å². The number of aliphatic hydroxyl groups excluding tert-OH is 4. The molecule has 0 spiro atoms. The Morgan fingerprint density at radius 1 is 1.20 bits per heavy atom. The van der Waals surface area contributed by atoms with Gasteiger partial charge in [-0.15, -0.1) is 0 Å². The lowest BCUT2D eigenvalue weighted by Crippen LogP contribution is -2.63. The molecular formula is C22H42N2O6. The molecular weight excluding hydrogens is 388 g/mol. The number of carbonyl (C=O) groups excluding carboxylic acids is 1. The number of hydrogen-bond acceptors (Lipinski definition) is 7. The summed E-state index contributed by atoms with van der Waals surface area (Å²) in [5, 5.41) is 42.7. The standard InChI is InChI=1S/C22H42N2O6/c1-4-5-6-7-15-8-9-24(10-11-25)16(12-15)22(29)23-18(14(2)3)21-20(28)19(27)17(26)13-30-21/h14-21,25-28H,4-13H2,1-3H3,(H,23,29)/t15-,16+,17+,18-,19-,20-,21-/m1/s1. The van der Waals surface area contributed by atoms with E-state index in [0.717, 1.165) is 25.8 Å². The molecule has 0 unspecified atom stereocenters. The maximum Gasteiger partial charge on any atom is 0.237 e. The summed E-state index contributed by atoms with van der Waals surface area (Å²) in [5.41, 5.74) is 0. The zero-order valence-electron chi connectivity index (χ0n) is 18.7. The maximum absolute atomic E-state index is 13.3. The molecule has 1 amide bonds. The van der Waals surface area contributed by atoms with E-state index < -0.39 is 30.5 Å². The van der Waals surface area contributed by atoms with Crippen LogP contribution in [0.3, 0.4) is 0 Å². The van der Waals surface area contributed by atoms with Gasteiger partial charge >= 0.3 is 0 Å². The van der Waals surface area contributed by atoms with Crippen molar-refractivity contribution in [1.82, 2.24) is 10.2 Å². The fourth-order valence-electron chi connectivity index (χ4n) is 4.73. The van der Waals surface area contributed by atoms with E-state index in [1.807, 2.05) is 18.7 Å². The summed E-state index contributed by atoms with van der Waals surface area (Å²) in [7, 11) is 0. The Morgan fingerprint density at radius 2 is 1.93 bits per heavy atom. The average Bonchev–Trinajstić information content (AvgIpc) is 2.72. The van der Waals surface area contributed by atoms with Crippen LogP contribution in [-0.4, -0.2) is 94.0 Å². The number of β-amino-alcohol motifs (C(OH)–C–C–N with tert-alkyl or cyclic N) is 1. The highest BCUT2D eigenvalue weighted by molar-refractivity contribution is 5.82. The molecule has 2 heterocycles. The maximum atomic E-state index is 13.3. The van der Waals surface area contributed by atoms with Gasteiger partial charge in [0.25, 0.3) is 0 Å². The topological polar surface area (TPSA) is 122 Å². The third kappa shape index (κ3) is 6.61. The Morgan fingerprint density at radius 3 is 2.57 bits per heavy atom. The normalized spacial score (nSPS) is 34.1. The second-order valence-corrected chi connectivity index (χ2v) is 9.29. The molecule has 0 radical (unpaired) electrons. The molecule has 0 aromatic heterocycles. The lowest BCUT2D eigenvalue weighted by molar-refractivity contribution is -0.198. The molecule has 0 aliphatic carbocycles. The van der Waals surface area contributed by atoms with Crippen LogP contribution < -0.4 is 5.32 Å². The van der Waals surface area contributed by atoms with Crippen LogP contribution in [0.2, 0.25) is 0 Å². The van der Waals surface area contributed by atoms with Gasteiger partial charge in [-0.3, -0.25) is 9.69 Å². The number of ether oxygens (including phenoxy) is 1. The first-order valence-electron chi connectivity index (χ1n) is 11.6. The fraction of sp³-hybridized carbons (Fsp3) is 0.955. The molecule has 8 nitrogen and oxygen atoms in total. The van der Waals surface area contributed by atoms with Crippen molar-refractivity contribution in [1.29, 1.82) is 0 Å². The van der Waals surface area contributed by atoms with Crippen molar-refractivity contribution in [3.63, 3.8) is 0 Å². The molecule has 2 aliphatic heterocycles. The van der Waals surface area contributed by atoms with E-state index >= 15 is 0 Å². The van der Waals surface area contributed by atoms with Crippen LogP contribution in [-0.2, 0) is 9.53 Å². The number of likely N-dealkylation sites (tertiary alicyclic amines) is 1. The van der Waals surface area contributed by atoms with Gasteiger partial charge in [0, 0.05) is 6.54 Å². The predicted octanol–water partition coefficient (Wildman–Crippen LogP) is 0.262. The van der Waals surface area contributed by atoms with Gasteiger partial charge in [0.15, 0.2) is 0 Å². The second kappa shape index (κ2) is 12.3. The van der Waals surface area contributed by atoms with Gasteiger partial charge in [-0.1, -0.05) is 46.5 Å². The summed E-state index contributed by atoms with van der Waals surface area (Å²) in [5.74, 6) is 0.332. The van der Waals surface area contributed by atoms with Gasteiger partial charge in [-0.05, 0) is 31.2 Å². The first-order valence-corrected chi connectivity index (χ1v) is 11.6. The zero-order valence-corrected chi connectivity index (χ0v) is 18.7. The van der Waals surface area contributed by atoms with Crippen LogP contribution >= 0.6 is 0 Å². The average molecular weight is 431 g/mol. The molecule has 7 atom stereocenters. The zero-order chi connectivity index (χ0) is 22.3. The molecule has 30 heavy (non-hydrogen) atoms. The summed E-state index contributed by atoms with van der Waals surface area (Å²) in [6.45, 7) is 7.21. The van der Waals surface area contributed by atoms with Crippen molar-refractivity contribution in [2.24, 2.45) is 11.8 Å². The van der Waals surface area contributed by atoms with Crippen LogP contribution in [0.15, 0.2) is 0 Å². The lowest BCUT2D eigenvalue weighted by Gasteiger charge is -2.43. The van der Waals surface area contributed by atoms with E-state index in [2.05, 4.69) is 12.2 Å². The fourth-order valence-corrected chi connectivity index (χ4v) is 4.73. The van der Waals surface area contributed by atoms with Crippen LogP contribution in [0, 0.1) is 11.8 Å². The number of rotatable bonds is 10. The van der Waals surface area contributed by atoms with Gasteiger partial charge < -0.3 is 30.5 Å². The van der Waals surface area contributed by atoms with Crippen molar-refractivity contribution in [3.05, 3.63) is 0 Å². The third-order valence-corrected chi connectivity index (χ3v) is 6.65. The minimum absolute atomic E-state index is 0.00637. The van der Waals surface area contributed by atoms with E-state index in [1.54, 1.807) is 0 Å². The van der Waals surface area contributed by atoms with Crippen LogP contribution in [0.4, 0.5) is 0 Å². The number of piperidine rings is 1. The molecule has 0 aromatic carbocycles. The quantitative estimate of drug-likeness (QED) is 0.315. The summed E-state index contributed by atoms with van der Waals surface area (Å²) in [4.78, 5) is 15.3. The van der Waals surface area contributed by atoms with Gasteiger partial charge in [-0.2, -0.15) is 0 Å².